The predicted molar refractivity (Wildman–Crippen MR) is 73.7 cm³/mol. The second-order valence-electron chi connectivity index (χ2n) is 6.25. The molecule has 1 amide bonds. The summed E-state index contributed by atoms with van der Waals surface area (Å²) in [7, 11) is 0. The molecular formula is C16H21NO2. The summed E-state index contributed by atoms with van der Waals surface area (Å²) in [5, 5.41) is 0. The van der Waals surface area contributed by atoms with Crippen LogP contribution in [0.5, 0.6) is 0 Å². The van der Waals surface area contributed by atoms with Gasteiger partial charge in [-0.25, -0.2) is 0 Å². The lowest BCUT2D eigenvalue weighted by atomic mass is 9.97. The minimum atomic E-state index is -0.190. The molecule has 2 fully saturated rings. The number of ether oxygens (including phenoxy) is 1. The fraction of sp³-hybridized carbons (Fsp3) is 0.562. The average Bonchev–Trinajstić information content (AvgIpc) is 3.23. The first kappa shape index (κ1) is 12.7. The van der Waals surface area contributed by atoms with Crippen LogP contribution in [0, 0.1) is 5.92 Å². The summed E-state index contributed by atoms with van der Waals surface area (Å²) in [6, 6.07) is 10.2. The van der Waals surface area contributed by atoms with Crippen molar-refractivity contribution in [2.75, 3.05) is 13.2 Å². The molecule has 19 heavy (non-hydrogen) atoms. The Morgan fingerprint density at radius 2 is 1.95 bits per heavy atom. The zero-order valence-electron chi connectivity index (χ0n) is 11.6. The number of carbonyl (C=O) groups excluding carboxylic acids is 1. The smallest absolute Gasteiger partial charge is 0.226 e. The van der Waals surface area contributed by atoms with Gasteiger partial charge in [-0.15, -0.1) is 0 Å². The van der Waals surface area contributed by atoms with Gasteiger partial charge in [0.1, 0.15) is 6.10 Å². The predicted octanol–water partition coefficient (Wildman–Crippen LogP) is 2.78. The van der Waals surface area contributed by atoms with E-state index in [-0.39, 0.29) is 17.6 Å². The Morgan fingerprint density at radius 1 is 1.26 bits per heavy atom. The van der Waals surface area contributed by atoms with Crippen LogP contribution in [0.15, 0.2) is 30.3 Å². The highest BCUT2D eigenvalue weighted by atomic mass is 16.5. The molecule has 1 saturated heterocycles. The molecule has 3 nitrogen and oxygen atoms in total. The number of amides is 1. The topological polar surface area (TPSA) is 29.5 Å². The molecule has 0 aromatic heterocycles. The van der Waals surface area contributed by atoms with E-state index in [1.807, 2.05) is 23.1 Å². The maximum Gasteiger partial charge on any atom is 0.226 e. The van der Waals surface area contributed by atoms with Gasteiger partial charge < -0.3 is 9.64 Å². The standard InChI is InChI=1S/C16H21NO2/c1-16(2)11-19-14(12-6-4-3-5-7-12)10-17(16)15(18)13-8-9-13/h3-7,13-14H,8-11H2,1-2H3/t14-/m1/s1. The number of nitrogens with zero attached hydrogens (tertiary/aromatic N) is 1. The summed E-state index contributed by atoms with van der Waals surface area (Å²) in [5.74, 6) is 0.586. The number of benzene rings is 1. The van der Waals surface area contributed by atoms with Crippen molar-refractivity contribution >= 4 is 5.91 Å². The van der Waals surface area contributed by atoms with Crippen LogP contribution in [0.1, 0.15) is 38.4 Å². The third-order valence-corrected chi connectivity index (χ3v) is 4.08. The average molecular weight is 259 g/mol. The van der Waals surface area contributed by atoms with E-state index in [1.165, 1.54) is 0 Å². The van der Waals surface area contributed by atoms with Gasteiger partial charge in [0.2, 0.25) is 5.91 Å². The van der Waals surface area contributed by atoms with Crippen LogP contribution in [0.2, 0.25) is 0 Å². The third kappa shape index (κ3) is 2.52. The Hall–Kier alpha value is -1.35. The summed E-state index contributed by atoms with van der Waals surface area (Å²) in [4.78, 5) is 14.5. The van der Waals surface area contributed by atoms with Gasteiger partial charge in [-0.2, -0.15) is 0 Å². The second-order valence-corrected chi connectivity index (χ2v) is 6.25. The SMILES string of the molecule is CC1(C)CO[C@@H](c2ccccc2)CN1C(=O)C1CC1. The first-order valence-electron chi connectivity index (χ1n) is 7.06. The van der Waals surface area contributed by atoms with Crippen molar-refractivity contribution in [1.82, 2.24) is 4.90 Å². The summed E-state index contributed by atoms with van der Waals surface area (Å²) < 4.78 is 5.97. The highest BCUT2D eigenvalue weighted by molar-refractivity contribution is 5.82. The summed E-state index contributed by atoms with van der Waals surface area (Å²) in [5.41, 5.74) is 0.969. The van der Waals surface area contributed by atoms with Gasteiger partial charge in [0.15, 0.2) is 0 Å². The lowest BCUT2D eigenvalue weighted by Gasteiger charge is -2.45. The molecule has 1 heterocycles. The molecule has 2 aliphatic rings. The molecule has 102 valence electrons. The lowest BCUT2D eigenvalue weighted by molar-refractivity contribution is -0.156. The van der Waals surface area contributed by atoms with E-state index in [9.17, 15) is 4.79 Å². The Morgan fingerprint density at radius 3 is 2.58 bits per heavy atom. The lowest BCUT2D eigenvalue weighted by Crippen LogP contribution is -2.56. The third-order valence-electron chi connectivity index (χ3n) is 4.08. The number of rotatable bonds is 2. The molecule has 0 bridgehead atoms. The van der Waals surface area contributed by atoms with Crippen molar-refractivity contribution < 1.29 is 9.53 Å². The molecule has 1 aromatic rings. The number of hydrogen-bond donors (Lipinski definition) is 0. The van der Waals surface area contributed by atoms with Gasteiger partial charge >= 0.3 is 0 Å². The quantitative estimate of drug-likeness (QED) is 0.817. The maximum absolute atomic E-state index is 12.4. The van der Waals surface area contributed by atoms with Gasteiger partial charge in [-0.05, 0) is 32.3 Å². The van der Waals surface area contributed by atoms with Crippen molar-refractivity contribution in [1.29, 1.82) is 0 Å². The van der Waals surface area contributed by atoms with E-state index < -0.39 is 0 Å². The molecule has 0 radical (unpaired) electrons. The van der Waals surface area contributed by atoms with Crippen molar-refractivity contribution in [3.63, 3.8) is 0 Å². The van der Waals surface area contributed by atoms with Crippen LogP contribution in [0.3, 0.4) is 0 Å². The van der Waals surface area contributed by atoms with Gasteiger partial charge in [-0.3, -0.25) is 4.79 Å². The van der Waals surface area contributed by atoms with E-state index in [4.69, 9.17) is 4.74 Å². The van der Waals surface area contributed by atoms with E-state index in [1.54, 1.807) is 0 Å². The minimum absolute atomic E-state index is 0.0110. The number of morpholine rings is 1. The Kier molecular flexibility index (Phi) is 3.09. The zero-order chi connectivity index (χ0) is 13.5. The van der Waals surface area contributed by atoms with Gasteiger partial charge in [0.05, 0.1) is 18.7 Å². The molecule has 0 unspecified atom stereocenters. The summed E-state index contributed by atoms with van der Waals surface area (Å²) in [6.45, 7) is 5.46. The molecule has 0 spiro atoms. The van der Waals surface area contributed by atoms with Crippen molar-refractivity contribution in [3.8, 4) is 0 Å². The normalized spacial score (nSPS) is 26.2. The molecule has 1 saturated carbocycles. The highest BCUT2D eigenvalue weighted by Crippen LogP contribution is 2.37. The largest absolute Gasteiger partial charge is 0.369 e. The molecule has 0 N–H and O–H groups in total. The monoisotopic (exact) mass is 259 g/mol. The van der Waals surface area contributed by atoms with Gasteiger partial charge in [0.25, 0.3) is 0 Å². The van der Waals surface area contributed by atoms with E-state index in [0.29, 0.717) is 19.1 Å². The molecule has 1 aliphatic heterocycles. The first-order chi connectivity index (χ1) is 9.08. The number of carbonyl (C=O) groups is 1. The first-order valence-corrected chi connectivity index (χ1v) is 7.06. The summed E-state index contributed by atoms with van der Waals surface area (Å²) in [6.07, 6.45) is 2.13. The van der Waals surface area contributed by atoms with E-state index >= 15 is 0 Å². The molecule has 3 rings (SSSR count). The van der Waals surface area contributed by atoms with Crippen molar-refractivity contribution in [2.45, 2.75) is 38.3 Å². The molecule has 3 heteroatoms. The van der Waals surface area contributed by atoms with E-state index in [0.717, 1.165) is 18.4 Å². The second kappa shape index (κ2) is 4.64. The number of hydrogen-bond acceptors (Lipinski definition) is 2. The van der Waals surface area contributed by atoms with Crippen LogP contribution in [0.4, 0.5) is 0 Å². The van der Waals surface area contributed by atoms with Crippen molar-refractivity contribution in [3.05, 3.63) is 35.9 Å². The van der Waals surface area contributed by atoms with E-state index in [2.05, 4.69) is 26.0 Å². The maximum atomic E-state index is 12.4. The summed E-state index contributed by atoms with van der Waals surface area (Å²) >= 11 is 0. The fourth-order valence-corrected chi connectivity index (χ4v) is 2.66. The van der Waals surface area contributed by atoms with Gasteiger partial charge in [0, 0.05) is 5.92 Å². The Labute approximate surface area is 114 Å². The Balaban J connectivity index is 1.79. The van der Waals surface area contributed by atoms with Crippen LogP contribution in [0.25, 0.3) is 0 Å². The van der Waals surface area contributed by atoms with Crippen molar-refractivity contribution in [2.24, 2.45) is 5.92 Å². The molecular weight excluding hydrogens is 238 g/mol. The molecule has 1 atom stereocenters. The Bertz CT molecular complexity index is 465. The zero-order valence-corrected chi connectivity index (χ0v) is 11.6. The fourth-order valence-electron chi connectivity index (χ4n) is 2.66. The van der Waals surface area contributed by atoms with Crippen LogP contribution < -0.4 is 0 Å². The highest BCUT2D eigenvalue weighted by Gasteiger charge is 2.43. The minimum Gasteiger partial charge on any atom is -0.369 e. The van der Waals surface area contributed by atoms with Crippen LogP contribution in [-0.4, -0.2) is 29.5 Å². The molecule has 1 aromatic carbocycles. The van der Waals surface area contributed by atoms with Gasteiger partial charge in [-0.1, -0.05) is 30.3 Å². The van der Waals surface area contributed by atoms with Crippen LogP contribution in [-0.2, 0) is 9.53 Å². The van der Waals surface area contributed by atoms with Crippen LogP contribution >= 0.6 is 0 Å². The molecule has 1 aliphatic carbocycles.